The monoisotopic (exact) mass is 337 g/mol. The summed E-state index contributed by atoms with van der Waals surface area (Å²) in [6, 6.07) is 0. The van der Waals surface area contributed by atoms with Crippen molar-refractivity contribution in [2.45, 2.75) is 46.0 Å². The third-order valence-corrected chi connectivity index (χ3v) is 6.75. The van der Waals surface area contributed by atoms with Crippen molar-refractivity contribution in [3.63, 3.8) is 0 Å². The van der Waals surface area contributed by atoms with Crippen LogP contribution in [0.1, 0.15) is 42.5 Å². The van der Waals surface area contributed by atoms with Crippen LogP contribution in [0.4, 0.5) is 0 Å². The van der Waals surface area contributed by atoms with Gasteiger partial charge in [-0.2, -0.15) is 0 Å². The molecule has 0 N–H and O–H groups in total. The number of halogens is 1. The van der Waals surface area contributed by atoms with Crippen molar-refractivity contribution in [1.29, 1.82) is 0 Å². The maximum absolute atomic E-state index is 5.56. The molecule has 2 bridgehead atoms. The molecule has 20 heavy (non-hydrogen) atoms. The highest BCUT2D eigenvalue weighted by Crippen LogP contribution is 2.58. The summed E-state index contributed by atoms with van der Waals surface area (Å²) >= 11 is 3.81. The van der Waals surface area contributed by atoms with Crippen molar-refractivity contribution in [3.8, 4) is 5.75 Å². The van der Waals surface area contributed by atoms with Crippen molar-refractivity contribution in [3.05, 3.63) is 23.0 Å². The third-order valence-electron chi connectivity index (χ3n) is 5.64. The molecule has 1 aromatic rings. The van der Waals surface area contributed by atoms with E-state index in [1.165, 1.54) is 36.9 Å². The summed E-state index contributed by atoms with van der Waals surface area (Å²) in [5.74, 6) is 2.87. The van der Waals surface area contributed by atoms with Gasteiger partial charge in [-0.05, 0) is 56.8 Å². The summed E-state index contributed by atoms with van der Waals surface area (Å²) in [5.41, 5.74) is 4.03. The topological polar surface area (TPSA) is 22.1 Å². The van der Waals surface area contributed by atoms with Crippen LogP contribution >= 0.6 is 15.9 Å². The predicted octanol–water partition coefficient (Wildman–Crippen LogP) is 4.45. The Morgan fingerprint density at radius 2 is 2.20 bits per heavy atom. The Labute approximate surface area is 130 Å². The quantitative estimate of drug-likeness (QED) is 0.757. The highest BCUT2D eigenvalue weighted by atomic mass is 79.9. The van der Waals surface area contributed by atoms with Gasteiger partial charge in [0.2, 0.25) is 0 Å². The van der Waals surface area contributed by atoms with Crippen LogP contribution in [0.2, 0.25) is 0 Å². The standard InChI is InChI=1S/C17H24BrNO/c1-11-9-19-15(12(2)16(11)20-3)8-17(10-18)7-13-4-5-14(17)6-13/h9,13-14H,4-8,10H2,1-3H3. The Balaban J connectivity index is 1.91. The number of pyridine rings is 1. The summed E-state index contributed by atoms with van der Waals surface area (Å²) in [7, 11) is 1.76. The Hall–Kier alpha value is -0.570. The fourth-order valence-electron chi connectivity index (χ4n) is 4.57. The Morgan fingerprint density at radius 1 is 1.40 bits per heavy atom. The lowest BCUT2D eigenvalue weighted by Gasteiger charge is -2.36. The molecule has 0 saturated heterocycles. The minimum atomic E-state index is 0.431. The summed E-state index contributed by atoms with van der Waals surface area (Å²) < 4.78 is 5.56. The van der Waals surface area contributed by atoms with E-state index in [1.54, 1.807) is 7.11 Å². The van der Waals surface area contributed by atoms with E-state index in [2.05, 4.69) is 29.8 Å². The number of methoxy groups -OCH3 is 1. The molecule has 2 nitrogen and oxygen atoms in total. The van der Waals surface area contributed by atoms with Crippen LogP contribution in [0.5, 0.6) is 5.75 Å². The van der Waals surface area contributed by atoms with Crippen molar-refractivity contribution in [2.75, 3.05) is 12.4 Å². The van der Waals surface area contributed by atoms with E-state index in [9.17, 15) is 0 Å². The molecule has 3 atom stereocenters. The second-order valence-corrected chi connectivity index (χ2v) is 7.36. The van der Waals surface area contributed by atoms with Crippen molar-refractivity contribution >= 4 is 15.9 Å². The molecule has 2 fully saturated rings. The highest BCUT2D eigenvalue weighted by molar-refractivity contribution is 9.09. The summed E-state index contributed by atoms with van der Waals surface area (Å²) in [6.07, 6.45) is 8.74. The number of rotatable bonds is 4. The van der Waals surface area contributed by atoms with Gasteiger partial charge in [-0.15, -0.1) is 0 Å². The molecule has 3 rings (SSSR count). The van der Waals surface area contributed by atoms with Crippen molar-refractivity contribution in [2.24, 2.45) is 17.3 Å². The highest BCUT2D eigenvalue weighted by Gasteiger charge is 2.50. The zero-order valence-electron chi connectivity index (χ0n) is 12.7. The Kier molecular flexibility index (Phi) is 3.83. The van der Waals surface area contributed by atoms with Gasteiger partial charge in [-0.3, -0.25) is 4.98 Å². The minimum Gasteiger partial charge on any atom is -0.496 e. The van der Waals surface area contributed by atoms with Gasteiger partial charge in [-0.1, -0.05) is 22.4 Å². The number of hydrogen-bond acceptors (Lipinski definition) is 2. The fraction of sp³-hybridized carbons (Fsp3) is 0.706. The average molecular weight is 338 g/mol. The second-order valence-electron chi connectivity index (χ2n) is 6.80. The number of hydrogen-bond donors (Lipinski definition) is 0. The number of aromatic nitrogens is 1. The lowest BCUT2D eigenvalue weighted by atomic mass is 9.71. The van der Waals surface area contributed by atoms with Crippen LogP contribution in [0.25, 0.3) is 0 Å². The van der Waals surface area contributed by atoms with Crippen LogP contribution < -0.4 is 4.74 Å². The van der Waals surface area contributed by atoms with Gasteiger partial charge in [0.15, 0.2) is 0 Å². The molecule has 110 valence electrons. The van der Waals surface area contributed by atoms with Gasteiger partial charge in [-0.25, -0.2) is 0 Å². The number of fused-ring (bicyclic) bond motifs is 2. The molecule has 0 aliphatic heterocycles. The first-order valence-corrected chi connectivity index (χ1v) is 8.77. The second kappa shape index (κ2) is 5.32. The van der Waals surface area contributed by atoms with E-state index < -0.39 is 0 Å². The number of nitrogens with zero attached hydrogens (tertiary/aromatic N) is 1. The van der Waals surface area contributed by atoms with E-state index in [-0.39, 0.29) is 0 Å². The molecule has 0 radical (unpaired) electrons. The summed E-state index contributed by atoms with van der Waals surface area (Å²) in [4.78, 5) is 4.73. The predicted molar refractivity (Wildman–Crippen MR) is 85.6 cm³/mol. The van der Waals surface area contributed by atoms with E-state index >= 15 is 0 Å². The summed E-state index contributed by atoms with van der Waals surface area (Å²) in [6.45, 7) is 4.23. The van der Waals surface area contributed by atoms with E-state index in [4.69, 9.17) is 9.72 Å². The maximum atomic E-state index is 5.56. The van der Waals surface area contributed by atoms with Crippen LogP contribution in [0.3, 0.4) is 0 Å². The summed E-state index contributed by atoms with van der Waals surface area (Å²) in [5, 5.41) is 1.11. The normalized spacial score (nSPS) is 31.8. The van der Waals surface area contributed by atoms with Gasteiger partial charge in [0, 0.05) is 28.3 Å². The molecule has 0 spiro atoms. The number of aryl methyl sites for hydroxylation is 1. The third kappa shape index (κ3) is 2.18. The van der Waals surface area contributed by atoms with E-state index in [0.29, 0.717) is 5.41 Å². The molecular weight excluding hydrogens is 314 g/mol. The lowest BCUT2D eigenvalue weighted by Crippen LogP contribution is -2.32. The number of alkyl halides is 1. The van der Waals surface area contributed by atoms with Gasteiger partial charge in [0.1, 0.15) is 5.75 Å². The maximum Gasteiger partial charge on any atom is 0.128 e. The molecule has 2 aliphatic rings. The Morgan fingerprint density at radius 3 is 2.75 bits per heavy atom. The molecule has 3 heteroatoms. The van der Waals surface area contributed by atoms with Gasteiger partial charge in [0.05, 0.1) is 7.11 Å². The first kappa shape index (κ1) is 14.4. The van der Waals surface area contributed by atoms with Crippen LogP contribution in [-0.4, -0.2) is 17.4 Å². The largest absolute Gasteiger partial charge is 0.496 e. The van der Waals surface area contributed by atoms with Crippen molar-refractivity contribution < 1.29 is 4.74 Å². The van der Waals surface area contributed by atoms with E-state index in [0.717, 1.165) is 34.9 Å². The first-order valence-electron chi connectivity index (χ1n) is 7.64. The lowest BCUT2D eigenvalue weighted by molar-refractivity contribution is 0.194. The van der Waals surface area contributed by atoms with Crippen LogP contribution in [0, 0.1) is 31.1 Å². The zero-order valence-corrected chi connectivity index (χ0v) is 14.3. The van der Waals surface area contributed by atoms with Gasteiger partial charge >= 0.3 is 0 Å². The first-order chi connectivity index (χ1) is 9.59. The fourth-order valence-corrected chi connectivity index (χ4v) is 5.45. The van der Waals surface area contributed by atoms with E-state index in [1.807, 2.05) is 6.20 Å². The van der Waals surface area contributed by atoms with Gasteiger partial charge < -0.3 is 4.74 Å². The Bertz CT molecular complexity index is 516. The zero-order chi connectivity index (χ0) is 14.3. The van der Waals surface area contributed by atoms with Crippen LogP contribution in [-0.2, 0) is 6.42 Å². The molecule has 1 heterocycles. The molecule has 3 unspecified atom stereocenters. The average Bonchev–Trinajstić information content (AvgIpc) is 3.04. The minimum absolute atomic E-state index is 0.431. The SMILES string of the molecule is COc1c(C)cnc(CC2(CBr)CC3CCC2C3)c1C. The molecule has 2 aliphatic carbocycles. The molecule has 2 saturated carbocycles. The smallest absolute Gasteiger partial charge is 0.128 e. The van der Waals surface area contributed by atoms with Crippen molar-refractivity contribution in [1.82, 2.24) is 4.98 Å². The molecule has 0 amide bonds. The number of ether oxygens (including phenoxy) is 1. The van der Waals surface area contributed by atoms with Crippen LogP contribution in [0.15, 0.2) is 6.20 Å². The molecule has 1 aromatic heterocycles. The van der Waals surface area contributed by atoms with Gasteiger partial charge in [0.25, 0.3) is 0 Å². The molecule has 0 aromatic carbocycles. The molecular formula is C17H24BrNO.